The molecule has 2 rings (SSSR count). The Morgan fingerprint density at radius 3 is 2.71 bits per heavy atom. The SMILES string of the molecule is Cc1cccc(NC(=O)COc2ccccc2C(C)N)c1. The summed E-state index contributed by atoms with van der Waals surface area (Å²) in [5, 5.41) is 2.81. The predicted octanol–water partition coefficient (Wildman–Crippen LogP) is 3.03. The fourth-order valence-corrected chi connectivity index (χ4v) is 2.05. The van der Waals surface area contributed by atoms with Crippen LogP contribution >= 0.6 is 0 Å². The molecule has 1 amide bonds. The Balaban J connectivity index is 1.95. The van der Waals surface area contributed by atoms with Crippen LogP contribution in [-0.4, -0.2) is 12.5 Å². The zero-order valence-corrected chi connectivity index (χ0v) is 12.3. The molecule has 0 aromatic heterocycles. The molecule has 0 heterocycles. The number of benzene rings is 2. The fraction of sp³-hybridized carbons (Fsp3) is 0.235. The van der Waals surface area contributed by atoms with Gasteiger partial charge in [0.05, 0.1) is 0 Å². The average molecular weight is 284 g/mol. The number of amides is 1. The fourth-order valence-electron chi connectivity index (χ4n) is 2.05. The molecule has 0 spiro atoms. The summed E-state index contributed by atoms with van der Waals surface area (Å²) in [7, 11) is 0. The summed E-state index contributed by atoms with van der Waals surface area (Å²) in [6.45, 7) is 3.82. The van der Waals surface area contributed by atoms with E-state index >= 15 is 0 Å². The minimum Gasteiger partial charge on any atom is -0.483 e. The van der Waals surface area contributed by atoms with Crippen LogP contribution in [0.5, 0.6) is 5.75 Å². The summed E-state index contributed by atoms with van der Waals surface area (Å²) in [6.07, 6.45) is 0. The molecule has 0 saturated heterocycles. The van der Waals surface area contributed by atoms with Gasteiger partial charge in [0.25, 0.3) is 5.91 Å². The number of rotatable bonds is 5. The number of hydrogen-bond acceptors (Lipinski definition) is 3. The Morgan fingerprint density at radius 1 is 1.24 bits per heavy atom. The van der Waals surface area contributed by atoms with Crippen LogP contribution in [0.2, 0.25) is 0 Å². The third kappa shape index (κ3) is 4.33. The van der Waals surface area contributed by atoms with E-state index in [0.29, 0.717) is 5.75 Å². The summed E-state index contributed by atoms with van der Waals surface area (Å²) in [4.78, 5) is 11.9. The van der Waals surface area contributed by atoms with Gasteiger partial charge in [-0.1, -0.05) is 30.3 Å². The first kappa shape index (κ1) is 15.1. The normalized spacial score (nSPS) is 11.8. The second-order valence-corrected chi connectivity index (χ2v) is 5.03. The molecule has 0 radical (unpaired) electrons. The van der Waals surface area contributed by atoms with Gasteiger partial charge in [-0.15, -0.1) is 0 Å². The van der Waals surface area contributed by atoms with Gasteiger partial charge in [-0.2, -0.15) is 0 Å². The van der Waals surface area contributed by atoms with Crippen molar-refractivity contribution in [1.29, 1.82) is 0 Å². The number of nitrogens with one attached hydrogen (secondary N) is 1. The van der Waals surface area contributed by atoms with Crippen LogP contribution in [0.3, 0.4) is 0 Å². The molecule has 0 saturated carbocycles. The highest BCUT2D eigenvalue weighted by Crippen LogP contribution is 2.23. The van der Waals surface area contributed by atoms with Gasteiger partial charge < -0.3 is 15.8 Å². The first-order valence-corrected chi connectivity index (χ1v) is 6.90. The van der Waals surface area contributed by atoms with E-state index in [1.807, 2.05) is 62.4 Å². The topological polar surface area (TPSA) is 64.3 Å². The number of carbonyl (C=O) groups is 1. The van der Waals surface area contributed by atoms with Crippen LogP contribution in [0, 0.1) is 6.92 Å². The van der Waals surface area contributed by atoms with Gasteiger partial charge in [-0.05, 0) is 37.6 Å². The van der Waals surface area contributed by atoms with E-state index in [1.54, 1.807) is 0 Å². The van der Waals surface area contributed by atoms with Gasteiger partial charge in [0, 0.05) is 17.3 Å². The van der Waals surface area contributed by atoms with Crippen LogP contribution in [0.1, 0.15) is 24.1 Å². The monoisotopic (exact) mass is 284 g/mol. The van der Waals surface area contributed by atoms with Gasteiger partial charge in [0.2, 0.25) is 0 Å². The zero-order chi connectivity index (χ0) is 15.2. The third-order valence-electron chi connectivity index (χ3n) is 3.07. The number of carbonyl (C=O) groups excluding carboxylic acids is 1. The summed E-state index contributed by atoms with van der Waals surface area (Å²) in [5.74, 6) is 0.451. The summed E-state index contributed by atoms with van der Waals surface area (Å²) in [6, 6.07) is 15.0. The number of para-hydroxylation sites is 1. The summed E-state index contributed by atoms with van der Waals surface area (Å²) >= 11 is 0. The second-order valence-electron chi connectivity index (χ2n) is 5.03. The van der Waals surface area contributed by atoms with Crippen LogP contribution < -0.4 is 15.8 Å². The Labute approximate surface area is 124 Å². The molecule has 21 heavy (non-hydrogen) atoms. The van der Waals surface area contributed by atoms with E-state index < -0.39 is 0 Å². The lowest BCUT2D eigenvalue weighted by Gasteiger charge is -2.13. The molecule has 0 aliphatic rings. The molecule has 2 aromatic rings. The molecule has 4 nitrogen and oxygen atoms in total. The summed E-state index contributed by atoms with van der Waals surface area (Å²) < 4.78 is 5.57. The van der Waals surface area contributed by atoms with E-state index in [0.717, 1.165) is 16.8 Å². The Kier molecular flexibility index (Phi) is 4.95. The van der Waals surface area contributed by atoms with Crippen LogP contribution in [0.4, 0.5) is 5.69 Å². The van der Waals surface area contributed by atoms with E-state index in [-0.39, 0.29) is 18.6 Å². The first-order valence-electron chi connectivity index (χ1n) is 6.90. The molecular formula is C17H20N2O2. The van der Waals surface area contributed by atoms with Crippen molar-refractivity contribution in [3.8, 4) is 5.75 Å². The second kappa shape index (κ2) is 6.90. The van der Waals surface area contributed by atoms with Crippen molar-refractivity contribution in [3.63, 3.8) is 0 Å². The maximum atomic E-state index is 11.9. The maximum Gasteiger partial charge on any atom is 0.262 e. The van der Waals surface area contributed by atoms with Crippen molar-refractivity contribution < 1.29 is 9.53 Å². The molecule has 1 atom stereocenters. The van der Waals surface area contributed by atoms with Crippen LogP contribution in [-0.2, 0) is 4.79 Å². The quantitative estimate of drug-likeness (QED) is 0.887. The van der Waals surface area contributed by atoms with E-state index in [9.17, 15) is 4.79 Å². The molecule has 0 aliphatic carbocycles. The average Bonchev–Trinajstić information content (AvgIpc) is 2.45. The maximum absolute atomic E-state index is 11.9. The molecule has 0 bridgehead atoms. The number of hydrogen-bond donors (Lipinski definition) is 2. The number of anilines is 1. The van der Waals surface area contributed by atoms with E-state index in [1.165, 1.54) is 0 Å². The Morgan fingerprint density at radius 2 is 2.00 bits per heavy atom. The standard InChI is InChI=1S/C17H20N2O2/c1-12-6-5-7-14(10-12)19-17(20)11-21-16-9-4-3-8-15(16)13(2)18/h3-10,13H,11,18H2,1-2H3,(H,19,20). The van der Waals surface area contributed by atoms with Gasteiger partial charge in [0.15, 0.2) is 6.61 Å². The van der Waals surface area contributed by atoms with Crippen LogP contribution in [0.25, 0.3) is 0 Å². The lowest BCUT2D eigenvalue weighted by molar-refractivity contribution is -0.118. The zero-order valence-electron chi connectivity index (χ0n) is 12.3. The minimum atomic E-state index is -0.194. The Hall–Kier alpha value is -2.33. The van der Waals surface area contributed by atoms with Crippen molar-refractivity contribution in [2.45, 2.75) is 19.9 Å². The number of nitrogens with two attached hydrogens (primary N) is 1. The smallest absolute Gasteiger partial charge is 0.262 e. The lowest BCUT2D eigenvalue weighted by Crippen LogP contribution is -2.21. The van der Waals surface area contributed by atoms with Gasteiger partial charge >= 0.3 is 0 Å². The summed E-state index contributed by atoms with van der Waals surface area (Å²) in [5.41, 5.74) is 8.63. The highest BCUT2D eigenvalue weighted by atomic mass is 16.5. The first-order chi connectivity index (χ1) is 10.1. The van der Waals surface area contributed by atoms with Gasteiger partial charge in [-0.3, -0.25) is 4.79 Å². The van der Waals surface area contributed by atoms with Gasteiger partial charge in [0.1, 0.15) is 5.75 Å². The van der Waals surface area contributed by atoms with Crippen molar-refractivity contribution >= 4 is 11.6 Å². The minimum absolute atomic E-state index is 0.0440. The largest absolute Gasteiger partial charge is 0.483 e. The number of ether oxygens (including phenoxy) is 1. The van der Waals surface area contributed by atoms with Crippen LogP contribution in [0.15, 0.2) is 48.5 Å². The van der Waals surface area contributed by atoms with Gasteiger partial charge in [-0.25, -0.2) is 0 Å². The highest BCUT2D eigenvalue weighted by molar-refractivity contribution is 5.91. The molecular weight excluding hydrogens is 264 g/mol. The molecule has 4 heteroatoms. The molecule has 3 N–H and O–H groups in total. The molecule has 0 aliphatic heterocycles. The number of aryl methyl sites for hydroxylation is 1. The molecule has 2 aromatic carbocycles. The van der Waals surface area contributed by atoms with E-state index in [4.69, 9.17) is 10.5 Å². The molecule has 1 unspecified atom stereocenters. The van der Waals surface area contributed by atoms with Crippen molar-refractivity contribution in [2.24, 2.45) is 5.73 Å². The van der Waals surface area contributed by atoms with E-state index in [2.05, 4.69) is 5.32 Å². The molecule has 110 valence electrons. The van der Waals surface area contributed by atoms with Crippen molar-refractivity contribution in [2.75, 3.05) is 11.9 Å². The highest BCUT2D eigenvalue weighted by Gasteiger charge is 2.09. The van der Waals surface area contributed by atoms with Crippen molar-refractivity contribution in [3.05, 3.63) is 59.7 Å². The lowest BCUT2D eigenvalue weighted by atomic mass is 10.1. The molecule has 0 fully saturated rings. The Bertz CT molecular complexity index is 624. The van der Waals surface area contributed by atoms with Crippen molar-refractivity contribution in [1.82, 2.24) is 0 Å². The third-order valence-corrected chi connectivity index (χ3v) is 3.07. The predicted molar refractivity (Wildman–Crippen MR) is 84.3 cm³/mol.